The van der Waals surface area contributed by atoms with Crippen LogP contribution < -0.4 is 10.1 Å². The molecular formula is C22H37N5O5. The number of nitrogens with one attached hydrogen (secondary N) is 2. The molecule has 0 aromatic carbocycles. The first-order chi connectivity index (χ1) is 14.7. The van der Waals surface area contributed by atoms with Gasteiger partial charge in [-0.25, -0.2) is 9.78 Å². The number of amides is 1. The molecule has 180 valence electrons. The van der Waals surface area contributed by atoms with Gasteiger partial charge >= 0.3 is 6.09 Å². The van der Waals surface area contributed by atoms with E-state index in [0.717, 1.165) is 19.3 Å². The molecule has 1 aliphatic rings. The van der Waals surface area contributed by atoms with E-state index in [1.54, 1.807) is 27.7 Å². The normalized spacial score (nSPS) is 15.9. The Balaban J connectivity index is 0.000000424. The van der Waals surface area contributed by atoms with Crippen molar-refractivity contribution in [1.82, 2.24) is 19.9 Å². The standard InChI is InChI=1S/C14H21N5O3.C6H10O.C2H6O/c1-13(2,3)21-10-8-9(16-7-15-8)17-11(18-10)19-12(20)22-14(4,5)6;1-5-2-3-6(7)4-5;1-2-3/h7H,1-6H3,(H2,15,16,17,18,19,20);6-7H,1-4H2;3H,2H2,1H3. The second kappa shape index (κ2) is 11.8. The zero-order chi connectivity index (χ0) is 24.5. The molecule has 2 aromatic heterocycles. The molecule has 3 rings (SSSR count). The van der Waals surface area contributed by atoms with E-state index in [4.69, 9.17) is 19.7 Å². The quantitative estimate of drug-likeness (QED) is 0.503. The highest BCUT2D eigenvalue weighted by Crippen LogP contribution is 2.25. The average molecular weight is 452 g/mol. The van der Waals surface area contributed by atoms with Gasteiger partial charge in [0.2, 0.25) is 11.8 Å². The largest absolute Gasteiger partial charge is 0.470 e. The molecule has 10 heteroatoms. The Morgan fingerprint density at radius 2 is 1.88 bits per heavy atom. The zero-order valence-electron chi connectivity index (χ0n) is 20.2. The minimum absolute atomic E-state index is 0.0764. The van der Waals surface area contributed by atoms with Crippen LogP contribution >= 0.6 is 0 Å². The summed E-state index contributed by atoms with van der Waals surface area (Å²) in [4.78, 5) is 27.2. The summed E-state index contributed by atoms with van der Waals surface area (Å²) >= 11 is 0. The van der Waals surface area contributed by atoms with Crippen LogP contribution in [0, 0.1) is 0 Å². The Hall–Kier alpha value is -2.72. The molecule has 1 unspecified atom stereocenters. The second-order valence-electron chi connectivity index (χ2n) is 9.26. The lowest BCUT2D eigenvalue weighted by atomic mass is 10.2. The minimum atomic E-state index is -0.635. The molecule has 0 radical (unpaired) electrons. The number of carbonyl (C=O) groups is 1. The van der Waals surface area contributed by atoms with E-state index in [-0.39, 0.29) is 18.7 Å². The van der Waals surface area contributed by atoms with Crippen molar-refractivity contribution in [2.24, 2.45) is 0 Å². The Morgan fingerprint density at radius 1 is 1.25 bits per heavy atom. The highest BCUT2D eigenvalue weighted by Gasteiger charge is 2.21. The summed E-state index contributed by atoms with van der Waals surface area (Å²) in [5.74, 6) is 0.397. The number of aliphatic hydroxyl groups excluding tert-OH is 2. The van der Waals surface area contributed by atoms with E-state index < -0.39 is 17.3 Å². The Bertz CT molecular complexity index is 883. The smallest absolute Gasteiger partial charge is 0.414 e. The van der Waals surface area contributed by atoms with Gasteiger partial charge in [-0.1, -0.05) is 12.2 Å². The van der Waals surface area contributed by atoms with Crippen LogP contribution in [-0.4, -0.2) is 60.2 Å². The number of aliphatic hydroxyl groups is 2. The third-order valence-corrected chi connectivity index (χ3v) is 3.62. The van der Waals surface area contributed by atoms with Crippen LogP contribution in [0.1, 0.15) is 67.7 Å². The van der Waals surface area contributed by atoms with Crippen molar-refractivity contribution in [3.8, 4) is 5.88 Å². The number of anilines is 1. The average Bonchev–Trinajstić information content (AvgIpc) is 3.21. The molecule has 0 spiro atoms. The predicted octanol–water partition coefficient (Wildman–Crippen LogP) is 3.96. The monoisotopic (exact) mass is 451 g/mol. The third kappa shape index (κ3) is 10.5. The highest BCUT2D eigenvalue weighted by molar-refractivity contribution is 5.85. The van der Waals surface area contributed by atoms with Gasteiger partial charge in [-0.3, -0.25) is 5.32 Å². The highest BCUT2D eigenvalue weighted by atomic mass is 16.6. The fourth-order valence-corrected chi connectivity index (χ4v) is 2.53. The number of ether oxygens (including phenoxy) is 2. The Kier molecular flexibility index (Phi) is 10.0. The Morgan fingerprint density at radius 3 is 2.31 bits per heavy atom. The van der Waals surface area contributed by atoms with E-state index in [0.29, 0.717) is 17.0 Å². The molecule has 2 heterocycles. The van der Waals surface area contributed by atoms with Crippen molar-refractivity contribution in [3.05, 3.63) is 18.5 Å². The molecule has 1 amide bonds. The molecule has 1 saturated carbocycles. The molecule has 2 aromatic rings. The first-order valence-corrected chi connectivity index (χ1v) is 10.6. The number of hydrogen-bond donors (Lipinski definition) is 4. The van der Waals surface area contributed by atoms with Crippen molar-refractivity contribution in [1.29, 1.82) is 0 Å². The summed E-state index contributed by atoms with van der Waals surface area (Å²) < 4.78 is 11.0. The molecule has 0 bridgehead atoms. The maximum absolute atomic E-state index is 11.8. The van der Waals surface area contributed by atoms with Gasteiger partial charge in [0, 0.05) is 6.61 Å². The summed E-state index contributed by atoms with van der Waals surface area (Å²) in [7, 11) is 0. The summed E-state index contributed by atoms with van der Waals surface area (Å²) in [6, 6.07) is 0. The predicted molar refractivity (Wildman–Crippen MR) is 124 cm³/mol. The lowest BCUT2D eigenvalue weighted by Crippen LogP contribution is -2.28. The number of hydrogen-bond acceptors (Lipinski definition) is 8. The molecule has 1 aliphatic carbocycles. The van der Waals surface area contributed by atoms with Crippen LogP contribution in [-0.2, 0) is 4.74 Å². The SMILES string of the molecule is C=C1CCC(O)C1.CC(C)(C)OC(=O)Nc1nc(OC(C)(C)C)c2[nH]cnc2n1.CCO. The number of carbonyl (C=O) groups excluding carboxylic acids is 1. The van der Waals surface area contributed by atoms with Crippen molar-refractivity contribution in [2.75, 3.05) is 11.9 Å². The molecule has 1 atom stereocenters. The van der Waals surface area contributed by atoms with Crippen molar-refractivity contribution in [2.45, 2.75) is 85.0 Å². The van der Waals surface area contributed by atoms with E-state index in [1.807, 2.05) is 20.8 Å². The maximum atomic E-state index is 11.8. The van der Waals surface area contributed by atoms with Gasteiger partial charge < -0.3 is 24.7 Å². The van der Waals surface area contributed by atoms with Crippen LogP contribution in [0.25, 0.3) is 11.2 Å². The zero-order valence-corrected chi connectivity index (χ0v) is 20.2. The molecule has 0 saturated heterocycles. The Labute approximate surface area is 189 Å². The molecule has 32 heavy (non-hydrogen) atoms. The van der Waals surface area contributed by atoms with Crippen LogP contribution in [0.5, 0.6) is 5.88 Å². The number of imidazole rings is 1. The lowest BCUT2D eigenvalue weighted by molar-refractivity contribution is 0.0634. The number of rotatable bonds is 2. The summed E-state index contributed by atoms with van der Waals surface area (Å²) in [5, 5.41) is 18.9. The van der Waals surface area contributed by atoms with Crippen LogP contribution in [0.4, 0.5) is 10.7 Å². The number of nitrogens with zero attached hydrogens (tertiary/aromatic N) is 3. The van der Waals surface area contributed by atoms with Gasteiger partial charge in [0.1, 0.15) is 16.7 Å². The number of H-pyrrole nitrogens is 1. The summed E-state index contributed by atoms with van der Waals surface area (Å²) in [6.07, 6.45) is 3.57. The molecular weight excluding hydrogens is 414 g/mol. The number of fused-ring (bicyclic) bond motifs is 1. The molecule has 10 nitrogen and oxygen atoms in total. The summed E-state index contributed by atoms with van der Waals surface area (Å²) in [5.41, 5.74) is 1.12. The first-order valence-electron chi connectivity index (χ1n) is 10.6. The van der Waals surface area contributed by atoms with Gasteiger partial charge in [0.05, 0.1) is 12.4 Å². The van der Waals surface area contributed by atoms with Gasteiger partial charge in [0.15, 0.2) is 5.65 Å². The number of aromatic amines is 1. The van der Waals surface area contributed by atoms with Crippen molar-refractivity contribution < 1.29 is 24.5 Å². The van der Waals surface area contributed by atoms with Gasteiger partial charge in [-0.05, 0) is 67.7 Å². The van der Waals surface area contributed by atoms with Crippen LogP contribution in [0.15, 0.2) is 18.5 Å². The van der Waals surface area contributed by atoms with Crippen molar-refractivity contribution >= 4 is 23.2 Å². The lowest BCUT2D eigenvalue weighted by Gasteiger charge is -2.21. The molecule has 0 aliphatic heterocycles. The van der Waals surface area contributed by atoms with Gasteiger partial charge in [-0.2, -0.15) is 9.97 Å². The molecule has 1 fully saturated rings. The van der Waals surface area contributed by atoms with Gasteiger partial charge in [-0.15, -0.1) is 0 Å². The fourth-order valence-electron chi connectivity index (χ4n) is 2.53. The summed E-state index contributed by atoms with van der Waals surface area (Å²) in [6.45, 7) is 16.7. The topological polar surface area (TPSA) is 142 Å². The molecule has 4 N–H and O–H groups in total. The first kappa shape index (κ1) is 27.3. The van der Waals surface area contributed by atoms with E-state index in [9.17, 15) is 4.79 Å². The van der Waals surface area contributed by atoms with Crippen LogP contribution in [0.3, 0.4) is 0 Å². The van der Waals surface area contributed by atoms with E-state index in [2.05, 4.69) is 31.8 Å². The number of aromatic nitrogens is 4. The van der Waals surface area contributed by atoms with E-state index >= 15 is 0 Å². The van der Waals surface area contributed by atoms with E-state index in [1.165, 1.54) is 11.9 Å². The minimum Gasteiger partial charge on any atom is -0.470 e. The third-order valence-electron chi connectivity index (χ3n) is 3.62. The maximum Gasteiger partial charge on any atom is 0.414 e. The fraction of sp³-hybridized carbons (Fsp3) is 0.636. The van der Waals surface area contributed by atoms with Crippen molar-refractivity contribution in [3.63, 3.8) is 0 Å². The van der Waals surface area contributed by atoms with Crippen LogP contribution in [0.2, 0.25) is 0 Å². The van der Waals surface area contributed by atoms with Gasteiger partial charge in [0.25, 0.3) is 0 Å². The second-order valence-corrected chi connectivity index (χ2v) is 9.26.